The predicted octanol–water partition coefficient (Wildman–Crippen LogP) is 6.73. The molecule has 4 heterocycles. The molecule has 0 bridgehead atoms. The Hall–Kier alpha value is -4.57. The molecule has 2 aliphatic carbocycles. The van der Waals surface area contributed by atoms with E-state index in [0.717, 1.165) is 40.4 Å². The summed E-state index contributed by atoms with van der Waals surface area (Å²) in [5, 5.41) is 3.57. The van der Waals surface area contributed by atoms with Crippen LogP contribution in [0.5, 0.6) is 0 Å². The zero-order valence-electron chi connectivity index (χ0n) is 18.8. The first-order chi connectivity index (χ1) is 17.4. The van der Waals surface area contributed by atoms with Gasteiger partial charge in [-0.2, -0.15) is 0 Å². The van der Waals surface area contributed by atoms with E-state index in [1.165, 1.54) is 55.3 Å². The number of fused-ring (bicyclic) bond motifs is 16. The van der Waals surface area contributed by atoms with E-state index in [4.69, 9.17) is 4.98 Å². The molecule has 0 fully saturated rings. The van der Waals surface area contributed by atoms with Gasteiger partial charge < -0.3 is 0 Å². The second kappa shape index (κ2) is 6.10. The van der Waals surface area contributed by atoms with E-state index >= 15 is 0 Å². The van der Waals surface area contributed by atoms with Gasteiger partial charge in [0.25, 0.3) is 0 Å². The van der Waals surface area contributed by atoms with E-state index in [-0.39, 0.29) is 0 Å². The lowest BCUT2D eigenvalue weighted by Gasteiger charge is -2.13. The van der Waals surface area contributed by atoms with Crippen LogP contribution in [0.4, 0.5) is 0 Å². The molecule has 0 N–H and O–H groups in total. The standard InChI is InChI=1S/C31H18N4/c1-2-4-19-17(3-1)13-23-20(19)7-8-21-24(23)14-18-5-6-22-25-15-32-12-10-27(25)35-28-16-33-11-9-26(28)34-31(35)30(22)29(18)21/h1-12,15-16H,13-14H2. The largest absolute Gasteiger partial charge is 0.290 e. The van der Waals surface area contributed by atoms with Crippen LogP contribution in [0.1, 0.15) is 22.3 Å². The summed E-state index contributed by atoms with van der Waals surface area (Å²) < 4.78 is 2.27. The molecule has 0 saturated carbocycles. The van der Waals surface area contributed by atoms with Crippen molar-refractivity contribution in [3.63, 3.8) is 0 Å². The van der Waals surface area contributed by atoms with Crippen molar-refractivity contribution in [3.05, 3.63) is 108 Å². The van der Waals surface area contributed by atoms with Crippen molar-refractivity contribution < 1.29 is 0 Å². The van der Waals surface area contributed by atoms with Gasteiger partial charge in [-0.25, -0.2) is 4.98 Å². The lowest BCUT2D eigenvalue weighted by molar-refractivity contribution is 1.16. The molecule has 4 nitrogen and oxygen atoms in total. The lowest BCUT2D eigenvalue weighted by atomic mass is 9.94. The topological polar surface area (TPSA) is 43.1 Å². The van der Waals surface area contributed by atoms with E-state index in [1.807, 2.05) is 30.9 Å². The highest BCUT2D eigenvalue weighted by molar-refractivity contribution is 6.19. The fraction of sp³-hybridized carbons (Fsp3) is 0.0645. The molecule has 0 atom stereocenters. The Balaban J connectivity index is 1.45. The molecule has 9 rings (SSSR count). The van der Waals surface area contributed by atoms with Crippen LogP contribution in [0, 0.1) is 0 Å². The van der Waals surface area contributed by atoms with Gasteiger partial charge in [0, 0.05) is 29.4 Å². The van der Waals surface area contributed by atoms with Gasteiger partial charge in [-0.1, -0.05) is 48.5 Å². The molecule has 3 aromatic carbocycles. The number of benzene rings is 3. The molecular formula is C31H18N4. The molecule has 4 heteroatoms. The fourth-order valence-electron chi connectivity index (χ4n) is 6.58. The van der Waals surface area contributed by atoms with Gasteiger partial charge >= 0.3 is 0 Å². The molecule has 2 aliphatic rings. The zero-order chi connectivity index (χ0) is 22.7. The van der Waals surface area contributed by atoms with Crippen LogP contribution in [-0.2, 0) is 12.8 Å². The van der Waals surface area contributed by atoms with Crippen molar-refractivity contribution in [2.75, 3.05) is 0 Å². The number of pyridine rings is 3. The van der Waals surface area contributed by atoms with Gasteiger partial charge in [0.2, 0.25) is 0 Å². The number of hydrogen-bond donors (Lipinski definition) is 0. The van der Waals surface area contributed by atoms with E-state index < -0.39 is 0 Å². The van der Waals surface area contributed by atoms with Crippen LogP contribution >= 0.6 is 0 Å². The monoisotopic (exact) mass is 446 g/mol. The minimum absolute atomic E-state index is 0.964. The van der Waals surface area contributed by atoms with Crippen LogP contribution in [0.2, 0.25) is 0 Å². The van der Waals surface area contributed by atoms with Crippen molar-refractivity contribution in [1.29, 1.82) is 0 Å². The summed E-state index contributed by atoms with van der Waals surface area (Å²) in [6, 6.07) is 22.2. The minimum Gasteiger partial charge on any atom is -0.290 e. The first-order valence-electron chi connectivity index (χ1n) is 12.0. The van der Waals surface area contributed by atoms with Crippen molar-refractivity contribution in [2.45, 2.75) is 12.8 Å². The summed E-state index contributed by atoms with van der Waals surface area (Å²) in [6.07, 6.45) is 9.57. The zero-order valence-corrected chi connectivity index (χ0v) is 18.8. The van der Waals surface area contributed by atoms with Crippen molar-refractivity contribution in [3.8, 4) is 22.3 Å². The molecule has 4 aromatic heterocycles. The molecule has 0 spiro atoms. The average Bonchev–Trinajstić information content (AvgIpc) is 3.59. The summed E-state index contributed by atoms with van der Waals surface area (Å²) in [7, 11) is 0. The maximum atomic E-state index is 5.15. The Bertz CT molecular complexity index is 2070. The van der Waals surface area contributed by atoms with Crippen molar-refractivity contribution in [2.24, 2.45) is 0 Å². The summed E-state index contributed by atoms with van der Waals surface area (Å²) in [4.78, 5) is 14.1. The minimum atomic E-state index is 0.964. The van der Waals surface area contributed by atoms with Crippen LogP contribution in [0.25, 0.3) is 60.6 Å². The first-order valence-corrected chi connectivity index (χ1v) is 12.0. The maximum absolute atomic E-state index is 5.15. The smallest absolute Gasteiger partial charge is 0.147 e. The predicted molar refractivity (Wildman–Crippen MR) is 140 cm³/mol. The summed E-state index contributed by atoms with van der Waals surface area (Å²) in [5.74, 6) is 0. The van der Waals surface area contributed by atoms with Gasteiger partial charge in [0.1, 0.15) is 5.65 Å². The Kier molecular flexibility index (Phi) is 3.11. The number of rotatable bonds is 0. The van der Waals surface area contributed by atoms with Gasteiger partial charge in [-0.3, -0.25) is 14.4 Å². The first kappa shape index (κ1) is 17.8. The SMILES string of the molecule is c1ccc2c(c1)Cc1c-2ccc2c1Cc1ccc3c4cnccc4n4c5cnccc5nc4c3c1-2. The number of hydrogen-bond acceptors (Lipinski definition) is 3. The van der Waals surface area contributed by atoms with Gasteiger partial charge in [-0.15, -0.1) is 0 Å². The van der Waals surface area contributed by atoms with E-state index in [9.17, 15) is 0 Å². The maximum Gasteiger partial charge on any atom is 0.147 e. The summed E-state index contributed by atoms with van der Waals surface area (Å²) in [6.45, 7) is 0. The third-order valence-corrected chi connectivity index (χ3v) is 8.04. The third kappa shape index (κ3) is 2.11. The van der Waals surface area contributed by atoms with Crippen LogP contribution in [0.3, 0.4) is 0 Å². The molecular weight excluding hydrogens is 428 g/mol. The lowest BCUT2D eigenvalue weighted by Crippen LogP contribution is -1.94. The summed E-state index contributed by atoms with van der Waals surface area (Å²) >= 11 is 0. The highest BCUT2D eigenvalue weighted by Gasteiger charge is 2.30. The second-order valence-electron chi connectivity index (χ2n) is 9.68. The van der Waals surface area contributed by atoms with E-state index in [0.29, 0.717) is 0 Å². The Morgan fingerprint density at radius 2 is 1.46 bits per heavy atom. The van der Waals surface area contributed by atoms with Crippen LogP contribution in [-0.4, -0.2) is 19.4 Å². The number of aromatic nitrogens is 4. The highest BCUT2D eigenvalue weighted by atomic mass is 15.0. The molecule has 0 saturated heterocycles. The molecule has 35 heavy (non-hydrogen) atoms. The molecule has 7 aromatic rings. The van der Waals surface area contributed by atoms with Crippen molar-refractivity contribution in [1.82, 2.24) is 19.4 Å². The van der Waals surface area contributed by atoms with Gasteiger partial charge in [0.05, 0.1) is 22.7 Å². The highest BCUT2D eigenvalue weighted by Crippen LogP contribution is 2.49. The van der Waals surface area contributed by atoms with Crippen LogP contribution < -0.4 is 0 Å². The Morgan fingerprint density at radius 1 is 0.629 bits per heavy atom. The molecule has 0 aliphatic heterocycles. The summed E-state index contributed by atoms with van der Waals surface area (Å²) in [5.41, 5.74) is 15.3. The van der Waals surface area contributed by atoms with E-state index in [1.54, 1.807) is 0 Å². The van der Waals surface area contributed by atoms with E-state index in [2.05, 4.69) is 69.0 Å². The average molecular weight is 447 g/mol. The molecule has 0 radical (unpaired) electrons. The quantitative estimate of drug-likeness (QED) is 0.243. The van der Waals surface area contributed by atoms with Gasteiger partial charge in [-0.05, 0) is 74.9 Å². The molecule has 162 valence electrons. The Labute approximate surface area is 200 Å². The normalized spacial score (nSPS) is 13.5. The second-order valence-corrected chi connectivity index (χ2v) is 9.68. The number of imidazole rings is 1. The number of nitrogens with zero attached hydrogens (tertiary/aromatic N) is 4. The Morgan fingerprint density at radius 3 is 2.46 bits per heavy atom. The van der Waals surface area contributed by atoms with Crippen molar-refractivity contribution >= 4 is 38.4 Å². The molecule has 0 unspecified atom stereocenters. The molecule has 0 amide bonds. The van der Waals surface area contributed by atoms with Crippen LogP contribution in [0.15, 0.2) is 85.5 Å². The van der Waals surface area contributed by atoms with Gasteiger partial charge in [0.15, 0.2) is 0 Å². The fourth-order valence-corrected chi connectivity index (χ4v) is 6.58. The third-order valence-electron chi connectivity index (χ3n) is 8.04.